The van der Waals surface area contributed by atoms with Gasteiger partial charge in [0.2, 0.25) is 5.91 Å². The van der Waals surface area contributed by atoms with Gasteiger partial charge in [-0.2, -0.15) is 0 Å². The van der Waals surface area contributed by atoms with Crippen LogP contribution in [0.4, 0.5) is 5.69 Å². The molecule has 1 aromatic heterocycles. The summed E-state index contributed by atoms with van der Waals surface area (Å²) >= 11 is 11.9. The number of aromatic nitrogens is 1. The highest BCUT2D eigenvalue weighted by Crippen LogP contribution is 2.26. The molecule has 1 saturated heterocycles. The molecule has 2 heterocycles. The Labute approximate surface area is 159 Å². The first-order chi connectivity index (χ1) is 12.5. The molecule has 26 heavy (non-hydrogen) atoms. The van der Waals surface area contributed by atoms with Gasteiger partial charge in [0.1, 0.15) is 0 Å². The Morgan fingerprint density at radius 1 is 1.08 bits per heavy atom. The van der Waals surface area contributed by atoms with E-state index in [-0.39, 0.29) is 17.7 Å². The third kappa shape index (κ3) is 3.16. The number of aromatic amines is 1. The van der Waals surface area contributed by atoms with Crippen LogP contribution in [0.5, 0.6) is 0 Å². The second-order valence-corrected chi connectivity index (χ2v) is 7.18. The number of rotatable bonds is 3. The Morgan fingerprint density at radius 3 is 2.50 bits per heavy atom. The lowest BCUT2D eigenvalue weighted by molar-refractivity contribution is -0.123. The van der Waals surface area contributed by atoms with Crippen molar-refractivity contribution in [3.05, 3.63) is 64.3 Å². The molecular formula is C19H15Cl2N3O2. The summed E-state index contributed by atoms with van der Waals surface area (Å²) in [4.78, 5) is 29.8. The fraction of sp³-hybridized carbons (Fsp3) is 0.158. The summed E-state index contributed by atoms with van der Waals surface area (Å²) in [5.74, 6) is -0.467. The zero-order chi connectivity index (χ0) is 18.3. The van der Waals surface area contributed by atoms with Crippen LogP contribution in [-0.2, 0) is 4.79 Å². The Morgan fingerprint density at radius 2 is 1.77 bits per heavy atom. The maximum absolute atomic E-state index is 12.7. The fourth-order valence-corrected chi connectivity index (χ4v) is 3.63. The van der Waals surface area contributed by atoms with E-state index in [1.165, 1.54) is 0 Å². The maximum Gasteiger partial charge on any atom is 0.256 e. The smallest absolute Gasteiger partial charge is 0.256 e. The molecule has 0 bridgehead atoms. The van der Waals surface area contributed by atoms with Gasteiger partial charge in [0.15, 0.2) is 0 Å². The molecule has 0 aliphatic carbocycles. The molecule has 1 fully saturated rings. The van der Waals surface area contributed by atoms with Crippen molar-refractivity contribution in [3.63, 3.8) is 0 Å². The van der Waals surface area contributed by atoms with Gasteiger partial charge in [-0.25, -0.2) is 0 Å². The van der Waals surface area contributed by atoms with E-state index < -0.39 is 0 Å². The molecule has 0 radical (unpaired) electrons. The van der Waals surface area contributed by atoms with Crippen LogP contribution in [0.3, 0.4) is 0 Å². The number of amides is 2. The van der Waals surface area contributed by atoms with Gasteiger partial charge in [0.05, 0.1) is 11.5 Å². The van der Waals surface area contributed by atoms with E-state index in [9.17, 15) is 9.59 Å². The van der Waals surface area contributed by atoms with E-state index in [1.54, 1.807) is 29.3 Å². The molecule has 1 aliphatic heterocycles. The number of carbonyl (C=O) groups is 2. The number of fused-ring (bicyclic) bond motifs is 1. The second-order valence-electron chi connectivity index (χ2n) is 6.30. The SMILES string of the molecule is O=C(Nc1cc(Cl)cc(Cl)c1)C1CN(C(=O)c2c[nH]c3ccccc23)C1. The molecule has 2 aromatic carbocycles. The van der Waals surface area contributed by atoms with Gasteiger partial charge in [0.25, 0.3) is 5.91 Å². The number of nitrogens with zero attached hydrogens (tertiary/aromatic N) is 1. The van der Waals surface area contributed by atoms with Gasteiger partial charge in [-0.3, -0.25) is 9.59 Å². The van der Waals surface area contributed by atoms with Gasteiger partial charge in [-0.15, -0.1) is 0 Å². The highest BCUT2D eigenvalue weighted by atomic mass is 35.5. The Balaban J connectivity index is 1.40. The van der Waals surface area contributed by atoms with Gasteiger partial charge in [0, 0.05) is 45.9 Å². The van der Waals surface area contributed by atoms with Crippen molar-refractivity contribution in [3.8, 4) is 0 Å². The van der Waals surface area contributed by atoms with Crippen molar-refractivity contribution in [2.45, 2.75) is 0 Å². The minimum absolute atomic E-state index is 0.0719. The monoisotopic (exact) mass is 387 g/mol. The van der Waals surface area contributed by atoms with Crippen molar-refractivity contribution in [2.24, 2.45) is 5.92 Å². The summed E-state index contributed by atoms with van der Waals surface area (Å²) in [6.07, 6.45) is 1.72. The number of hydrogen-bond acceptors (Lipinski definition) is 2. The van der Waals surface area contributed by atoms with Crippen molar-refractivity contribution in [1.82, 2.24) is 9.88 Å². The lowest BCUT2D eigenvalue weighted by Crippen LogP contribution is -2.54. The number of halogens is 2. The van der Waals surface area contributed by atoms with Crippen LogP contribution in [0.25, 0.3) is 10.9 Å². The van der Waals surface area contributed by atoms with E-state index in [0.29, 0.717) is 34.4 Å². The van der Waals surface area contributed by atoms with Crippen LogP contribution in [0.1, 0.15) is 10.4 Å². The highest BCUT2D eigenvalue weighted by molar-refractivity contribution is 6.35. The molecule has 0 spiro atoms. The summed E-state index contributed by atoms with van der Waals surface area (Å²) < 4.78 is 0. The second kappa shape index (κ2) is 6.67. The molecule has 0 unspecified atom stereocenters. The number of likely N-dealkylation sites (tertiary alicyclic amines) is 1. The van der Waals surface area contributed by atoms with E-state index in [1.807, 2.05) is 24.3 Å². The molecule has 132 valence electrons. The fourth-order valence-electron chi connectivity index (χ4n) is 3.10. The zero-order valence-electron chi connectivity index (χ0n) is 13.6. The molecule has 7 heteroatoms. The zero-order valence-corrected chi connectivity index (χ0v) is 15.1. The van der Waals surface area contributed by atoms with Gasteiger partial charge in [-0.05, 0) is 24.3 Å². The number of anilines is 1. The van der Waals surface area contributed by atoms with E-state index >= 15 is 0 Å². The van der Waals surface area contributed by atoms with Crippen LogP contribution in [0.15, 0.2) is 48.7 Å². The predicted octanol–water partition coefficient (Wildman–Crippen LogP) is 4.19. The number of H-pyrrole nitrogens is 1. The molecule has 1 aliphatic rings. The number of benzene rings is 2. The maximum atomic E-state index is 12.7. The molecule has 5 nitrogen and oxygen atoms in total. The summed E-state index contributed by atoms with van der Waals surface area (Å²) in [5.41, 5.74) is 2.10. The summed E-state index contributed by atoms with van der Waals surface area (Å²) in [6, 6.07) is 12.5. The first-order valence-electron chi connectivity index (χ1n) is 8.13. The predicted molar refractivity (Wildman–Crippen MR) is 103 cm³/mol. The Kier molecular flexibility index (Phi) is 4.34. The molecule has 3 aromatic rings. The topological polar surface area (TPSA) is 65.2 Å². The van der Waals surface area contributed by atoms with Crippen LogP contribution in [0.2, 0.25) is 10.0 Å². The molecule has 0 saturated carbocycles. The average Bonchev–Trinajstić information content (AvgIpc) is 2.96. The molecule has 2 N–H and O–H groups in total. The largest absolute Gasteiger partial charge is 0.360 e. The quantitative estimate of drug-likeness (QED) is 0.707. The van der Waals surface area contributed by atoms with Gasteiger partial charge < -0.3 is 15.2 Å². The van der Waals surface area contributed by atoms with E-state index in [2.05, 4.69) is 10.3 Å². The van der Waals surface area contributed by atoms with Gasteiger partial charge in [-0.1, -0.05) is 41.4 Å². The minimum Gasteiger partial charge on any atom is -0.360 e. The highest BCUT2D eigenvalue weighted by Gasteiger charge is 2.36. The normalized spacial score (nSPS) is 14.3. The third-order valence-corrected chi connectivity index (χ3v) is 4.93. The standard InChI is InChI=1S/C19H15Cl2N3O2/c20-12-5-13(21)7-14(6-12)23-18(25)11-9-24(10-11)19(26)16-8-22-17-4-2-1-3-15(16)17/h1-8,11,22H,9-10H2,(H,23,25). The molecular weight excluding hydrogens is 373 g/mol. The van der Waals surface area contributed by atoms with Crippen LogP contribution in [0, 0.1) is 5.92 Å². The van der Waals surface area contributed by atoms with Crippen molar-refractivity contribution >= 4 is 51.6 Å². The number of hydrogen-bond donors (Lipinski definition) is 2. The molecule has 4 rings (SSSR count). The van der Waals surface area contributed by atoms with Gasteiger partial charge >= 0.3 is 0 Å². The number of para-hydroxylation sites is 1. The molecule has 2 amide bonds. The van der Waals surface area contributed by atoms with E-state index in [0.717, 1.165) is 10.9 Å². The first kappa shape index (κ1) is 16.9. The lowest BCUT2D eigenvalue weighted by Gasteiger charge is -2.38. The minimum atomic E-state index is -0.248. The van der Waals surface area contributed by atoms with Crippen LogP contribution >= 0.6 is 23.2 Å². The average molecular weight is 388 g/mol. The first-order valence-corrected chi connectivity index (χ1v) is 8.89. The molecule has 0 atom stereocenters. The number of nitrogens with one attached hydrogen (secondary N) is 2. The Bertz CT molecular complexity index is 989. The van der Waals surface area contributed by atoms with Crippen molar-refractivity contribution in [1.29, 1.82) is 0 Å². The summed E-state index contributed by atoms with van der Waals surface area (Å²) in [5, 5.41) is 4.60. The van der Waals surface area contributed by atoms with E-state index in [4.69, 9.17) is 23.2 Å². The third-order valence-electron chi connectivity index (χ3n) is 4.49. The van der Waals surface area contributed by atoms with Crippen LogP contribution in [-0.4, -0.2) is 34.8 Å². The lowest BCUT2D eigenvalue weighted by atomic mass is 9.97. The Hall–Kier alpha value is -2.50. The summed E-state index contributed by atoms with van der Waals surface area (Å²) in [6.45, 7) is 0.775. The summed E-state index contributed by atoms with van der Waals surface area (Å²) in [7, 11) is 0. The van der Waals surface area contributed by atoms with Crippen molar-refractivity contribution in [2.75, 3.05) is 18.4 Å². The number of carbonyl (C=O) groups excluding carboxylic acids is 2. The van der Waals surface area contributed by atoms with Crippen molar-refractivity contribution < 1.29 is 9.59 Å². The van der Waals surface area contributed by atoms with Crippen LogP contribution < -0.4 is 5.32 Å².